The highest BCUT2D eigenvalue weighted by Crippen LogP contribution is 2.39. The predicted molar refractivity (Wildman–Crippen MR) is 63.7 cm³/mol. The number of likely N-dealkylation sites (tertiary alicyclic amines) is 1. The third kappa shape index (κ3) is 1.98. The van der Waals surface area contributed by atoms with Crippen LogP contribution in [0.5, 0.6) is 0 Å². The molecule has 1 fully saturated rings. The van der Waals surface area contributed by atoms with E-state index in [1.54, 1.807) is 29.0 Å². The quantitative estimate of drug-likeness (QED) is 0.862. The third-order valence-electron chi connectivity index (χ3n) is 3.30. The first kappa shape index (κ1) is 12.6. The van der Waals surface area contributed by atoms with Gasteiger partial charge in [-0.2, -0.15) is 5.10 Å². The molecule has 18 heavy (non-hydrogen) atoms. The Morgan fingerprint density at radius 2 is 2.22 bits per heavy atom. The lowest BCUT2D eigenvalue weighted by Gasteiger charge is -2.29. The second-order valence-corrected chi connectivity index (χ2v) is 4.94. The van der Waals surface area contributed by atoms with E-state index in [4.69, 9.17) is 0 Å². The molecular weight excluding hydrogens is 234 g/mol. The van der Waals surface area contributed by atoms with Gasteiger partial charge in [0.2, 0.25) is 5.91 Å². The van der Waals surface area contributed by atoms with Crippen LogP contribution < -0.4 is 0 Å². The molecule has 2 atom stereocenters. The Morgan fingerprint density at radius 1 is 1.56 bits per heavy atom. The highest BCUT2D eigenvalue weighted by atomic mass is 16.4. The maximum Gasteiger partial charge on any atom is 0.309 e. The van der Waals surface area contributed by atoms with Gasteiger partial charge in [0.25, 0.3) is 0 Å². The van der Waals surface area contributed by atoms with Crippen LogP contribution in [0.15, 0.2) is 12.4 Å². The van der Waals surface area contributed by atoms with E-state index in [9.17, 15) is 14.7 Å². The fourth-order valence-corrected chi connectivity index (χ4v) is 2.57. The zero-order chi connectivity index (χ0) is 13.4. The number of carboxylic acids is 1. The van der Waals surface area contributed by atoms with E-state index in [-0.39, 0.29) is 18.4 Å². The van der Waals surface area contributed by atoms with Crippen molar-refractivity contribution < 1.29 is 14.7 Å². The minimum Gasteiger partial charge on any atom is -0.481 e. The largest absolute Gasteiger partial charge is 0.481 e. The van der Waals surface area contributed by atoms with Gasteiger partial charge in [0, 0.05) is 31.3 Å². The number of amides is 1. The Balaban J connectivity index is 2.42. The molecule has 0 aromatic carbocycles. The van der Waals surface area contributed by atoms with Crippen LogP contribution in [0, 0.1) is 5.92 Å². The summed E-state index contributed by atoms with van der Waals surface area (Å²) >= 11 is 0. The molecule has 0 spiro atoms. The molecule has 0 radical (unpaired) electrons. The lowest BCUT2D eigenvalue weighted by atomic mass is 9.95. The number of nitrogens with zero attached hydrogens (tertiary/aromatic N) is 3. The van der Waals surface area contributed by atoms with Gasteiger partial charge >= 0.3 is 5.97 Å². The summed E-state index contributed by atoms with van der Waals surface area (Å²) in [4.78, 5) is 24.9. The third-order valence-corrected chi connectivity index (χ3v) is 3.30. The van der Waals surface area contributed by atoms with Gasteiger partial charge in [-0.3, -0.25) is 14.3 Å². The molecule has 1 N–H and O–H groups in total. The molecule has 1 aromatic rings. The summed E-state index contributed by atoms with van der Waals surface area (Å²) in [6, 6.07) is -0.434. The van der Waals surface area contributed by atoms with E-state index >= 15 is 0 Å². The van der Waals surface area contributed by atoms with Crippen LogP contribution in [0.2, 0.25) is 0 Å². The average molecular weight is 251 g/mol. The van der Waals surface area contributed by atoms with Crippen molar-refractivity contribution in [1.29, 1.82) is 0 Å². The fourth-order valence-electron chi connectivity index (χ4n) is 2.57. The molecule has 2 rings (SSSR count). The van der Waals surface area contributed by atoms with Crippen molar-refractivity contribution in [2.24, 2.45) is 13.0 Å². The molecule has 2 unspecified atom stereocenters. The van der Waals surface area contributed by atoms with Gasteiger partial charge < -0.3 is 10.0 Å². The summed E-state index contributed by atoms with van der Waals surface area (Å²) in [7, 11) is 1.77. The van der Waals surface area contributed by atoms with E-state index < -0.39 is 17.9 Å². The topological polar surface area (TPSA) is 75.4 Å². The molecular formula is C12H17N3O3. The Labute approximate surface area is 105 Å². The van der Waals surface area contributed by atoms with Gasteiger partial charge in [0.15, 0.2) is 0 Å². The second-order valence-electron chi connectivity index (χ2n) is 4.94. The van der Waals surface area contributed by atoms with Crippen molar-refractivity contribution in [3.05, 3.63) is 18.0 Å². The summed E-state index contributed by atoms with van der Waals surface area (Å²) in [5.74, 6) is -1.73. The van der Waals surface area contributed by atoms with Gasteiger partial charge in [-0.15, -0.1) is 0 Å². The van der Waals surface area contributed by atoms with Gasteiger partial charge in [-0.1, -0.05) is 0 Å². The molecule has 0 aliphatic carbocycles. The first-order chi connectivity index (χ1) is 8.41. The molecule has 6 heteroatoms. The summed E-state index contributed by atoms with van der Waals surface area (Å²) in [5.41, 5.74) is 0.782. The van der Waals surface area contributed by atoms with Crippen LogP contribution >= 0.6 is 0 Å². The molecule has 0 bridgehead atoms. The van der Waals surface area contributed by atoms with Gasteiger partial charge in [-0.05, 0) is 13.8 Å². The number of carboxylic acid groups (broad SMARTS) is 1. The lowest BCUT2D eigenvalue weighted by molar-refractivity contribution is -0.142. The van der Waals surface area contributed by atoms with Gasteiger partial charge in [0.1, 0.15) is 0 Å². The molecule has 2 heterocycles. The molecule has 1 aliphatic rings. The zero-order valence-corrected chi connectivity index (χ0v) is 10.7. The van der Waals surface area contributed by atoms with E-state index in [1.165, 1.54) is 0 Å². The fraction of sp³-hybridized carbons (Fsp3) is 0.583. The molecule has 98 valence electrons. The van der Waals surface area contributed by atoms with Crippen molar-refractivity contribution in [2.75, 3.05) is 0 Å². The number of hydrogen-bond acceptors (Lipinski definition) is 3. The van der Waals surface area contributed by atoms with Crippen LogP contribution in [0.1, 0.15) is 31.9 Å². The Bertz CT molecular complexity index is 481. The molecule has 0 saturated carbocycles. The first-order valence-electron chi connectivity index (χ1n) is 5.94. The van der Waals surface area contributed by atoms with Crippen molar-refractivity contribution in [3.63, 3.8) is 0 Å². The lowest BCUT2D eigenvalue weighted by Crippen LogP contribution is -2.35. The Kier molecular flexibility index (Phi) is 3.11. The summed E-state index contributed by atoms with van der Waals surface area (Å²) < 4.78 is 1.62. The van der Waals surface area contributed by atoms with Gasteiger partial charge in [-0.25, -0.2) is 0 Å². The molecule has 1 saturated heterocycles. The maximum atomic E-state index is 12.0. The highest BCUT2D eigenvalue weighted by molar-refractivity contribution is 5.87. The first-order valence-corrected chi connectivity index (χ1v) is 5.94. The summed E-state index contributed by atoms with van der Waals surface area (Å²) in [6.07, 6.45) is 3.47. The minimum atomic E-state index is -0.930. The van der Waals surface area contributed by atoms with Crippen LogP contribution in [0.3, 0.4) is 0 Å². The zero-order valence-electron chi connectivity index (χ0n) is 10.7. The van der Waals surface area contributed by atoms with E-state index in [0.717, 1.165) is 5.56 Å². The van der Waals surface area contributed by atoms with Crippen molar-refractivity contribution >= 4 is 11.9 Å². The molecule has 1 aliphatic heterocycles. The number of aromatic nitrogens is 2. The highest BCUT2D eigenvalue weighted by Gasteiger charge is 2.46. The van der Waals surface area contributed by atoms with Crippen LogP contribution in [0.25, 0.3) is 0 Å². The summed E-state index contributed by atoms with van der Waals surface area (Å²) in [6.45, 7) is 3.79. The van der Waals surface area contributed by atoms with E-state index in [1.807, 2.05) is 13.8 Å². The van der Waals surface area contributed by atoms with Crippen molar-refractivity contribution in [2.45, 2.75) is 32.4 Å². The second kappa shape index (κ2) is 4.44. The number of aryl methyl sites for hydroxylation is 1. The molecule has 6 nitrogen and oxygen atoms in total. The Morgan fingerprint density at radius 3 is 2.67 bits per heavy atom. The van der Waals surface area contributed by atoms with Crippen LogP contribution in [0.4, 0.5) is 0 Å². The number of carbonyl (C=O) groups is 2. The normalized spacial score (nSPS) is 24.0. The predicted octanol–water partition coefficient (Wildman–Crippen LogP) is 0.803. The SMILES string of the molecule is CC(C)N1C(=O)CC(C(=O)O)C1c1cnn(C)c1. The smallest absolute Gasteiger partial charge is 0.309 e. The number of carbonyl (C=O) groups excluding carboxylic acids is 1. The number of aliphatic carboxylic acids is 1. The van der Waals surface area contributed by atoms with Crippen LogP contribution in [-0.4, -0.2) is 37.7 Å². The number of hydrogen-bond donors (Lipinski definition) is 1. The standard InChI is InChI=1S/C12H17N3O3/c1-7(2)15-10(16)4-9(12(17)18)11(15)8-5-13-14(3)6-8/h5-7,9,11H,4H2,1-3H3,(H,17,18). The Hall–Kier alpha value is -1.85. The summed E-state index contributed by atoms with van der Waals surface area (Å²) in [5, 5.41) is 13.3. The maximum absolute atomic E-state index is 12.0. The van der Waals surface area contributed by atoms with Gasteiger partial charge in [0.05, 0.1) is 18.2 Å². The van der Waals surface area contributed by atoms with Crippen molar-refractivity contribution in [1.82, 2.24) is 14.7 Å². The van der Waals surface area contributed by atoms with E-state index in [0.29, 0.717) is 0 Å². The molecule has 1 aromatic heterocycles. The minimum absolute atomic E-state index is 0.0212. The monoisotopic (exact) mass is 251 g/mol. The van der Waals surface area contributed by atoms with Crippen LogP contribution in [-0.2, 0) is 16.6 Å². The van der Waals surface area contributed by atoms with E-state index in [2.05, 4.69) is 5.10 Å². The average Bonchev–Trinajstić information content (AvgIpc) is 2.81. The number of rotatable bonds is 3. The van der Waals surface area contributed by atoms with Crippen molar-refractivity contribution in [3.8, 4) is 0 Å². The molecule has 1 amide bonds.